The second-order valence-corrected chi connectivity index (χ2v) is 8.22. The number of hydrogen-bond donors (Lipinski definition) is 1. The smallest absolute Gasteiger partial charge is 0.0417 e. The molecular weight excluding hydrogens is 298 g/mol. The summed E-state index contributed by atoms with van der Waals surface area (Å²) < 4.78 is 0. The van der Waals surface area contributed by atoms with Crippen LogP contribution in [0.1, 0.15) is 39.0 Å². The molecular formula is C18H26ClNS. The average molecular weight is 324 g/mol. The van der Waals surface area contributed by atoms with Gasteiger partial charge in [-0.15, -0.1) is 11.8 Å². The average Bonchev–Trinajstić information content (AvgIpc) is 3.08. The molecule has 1 N–H and O–H groups in total. The van der Waals surface area contributed by atoms with Gasteiger partial charge in [-0.05, 0) is 68.2 Å². The molecule has 0 spiro atoms. The van der Waals surface area contributed by atoms with Gasteiger partial charge in [0.25, 0.3) is 0 Å². The Morgan fingerprint density at radius 3 is 2.90 bits per heavy atom. The summed E-state index contributed by atoms with van der Waals surface area (Å²) in [4.78, 5) is 1.29. The van der Waals surface area contributed by atoms with Crippen molar-refractivity contribution in [3.8, 4) is 0 Å². The molecule has 0 aliphatic heterocycles. The van der Waals surface area contributed by atoms with Gasteiger partial charge in [-0.25, -0.2) is 0 Å². The van der Waals surface area contributed by atoms with Gasteiger partial charge < -0.3 is 5.32 Å². The summed E-state index contributed by atoms with van der Waals surface area (Å²) in [5.74, 6) is 4.23. The van der Waals surface area contributed by atoms with Crippen molar-refractivity contribution in [2.24, 2.45) is 17.8 Å². The van der Waals surface area contributed by atoms with Crippen LogP contribution in [-0.2, 0) is 0 Å². The maximum Gasteiger partial charge on any atom is 0.0417 e. The molecule has 1 aromatic rings. The van der Waals surface area contributed by atoms with E-state index in [0.29, 0.717) is 6.04 Å². The first-order valence-corrected chi connectivity index (χ1v) is 9.72. The van der Waals surface area contributed by atoms with Crippen LogP contribution in [0.25, 0.3) is 0 Å². The second kappa shape index (κ2) is 7.39. The van der Waals surface area contributed by atoms with Gasteiger partial charge in [0, 0.05) is 21.7 Å². The Bertz CT molecular complexity index is 464. The Morgan fingerprint density at radius 1 is 1.33 bits per heavy atom. The molecule has 1 nitrogen and oxygen atoms in total. The molecule has 0 aromatic heterocycles. The summed E-state index contributed by atoms with van der Waals surface area (Å²) in [6, 6.07) is 8.87. The van der Waals surface area contributed by atoms with E-state index in [2.05, 4.69) is 24.4 Å². The molecule has 4 unspecified atom stereocenters. The molecule has 2 bridgehead atoms. The summed E-state index contributed by atoms with van der Waals surface area (Å²) >= 11 is 8.01. The molecule has 3 heteroatoms. The largest absolute Gasteiger partial charge is 0.313 e. The van der Waals surface area contributed by atoms with Crippen LogP contribution < -0.4 is 5.32 Å². The highest BCUT2D eigenvalue weighted by atomic mass is 35.5. The molecule has 0 amide bonds. The summed E-state index contributed by atoms with van der Waals surface area (Å²) in [5.41, 5.74) is 0. The lowest BCUT2D eigenvalue weighted by Crippen LogP contribution is -2.34. The summed E-state index contributed by atoms with van der Waals surface area (Å²) in [6.45, 7) is 3.29. The van der Waals surface area contributed by atoms with Crippen LogP contribution in [-0.4, -0.2) is 18.3 Å². The first-order chi connectivity index (χ1) is 10.2. The molecule has 21 heavy (non-hydrogen) atoms. The molecule has 116 valence electrons. The fourth-order valence-electron chi connectivity index (χ4n) is 4.28. The zero-order chi connectivity index (χ0) is 14.7. The lowest BCUT2D eigenvalue weighted by molar-refractivity contribution is 0.287. The van der Waals surface area contributed by atoms with E-state index in [1.165, 1.54) is 37.0 Å². The van der Waals surface area contributed by atoms with E-state index in [9.17, 15) is 0 Å². The van der Waals surface area contributed by atoms with Crippen molar-refractivity contribution >= 4 is 23.4 Å². The Morgan fingerprint density at radius 2 is 2.24 bits per heavy atom. The number of rotatable bonds is 7. The maximum absolute atomic E-state index is 6.07. The minimum atomic E-state index is 0.642. The van der Waals surface area contributed by atoms with E-state index >= 15 is 0 Å². The van der Waals surface area contributed by atoms with Crippen molar-refractivity contribution < 1.29 is 0 Å². The highest BCUT2D eigenvalue weighted by molar-refractivity contribution is 7.99. The predicted octanol–water partition coefficient (Wildman–Crippen LogP) is 5.24. The van der Waals surface area contributed by atoms with E-state index in [-0.39, 0.29) is 0 Å². The predicted molar refractivity (Wildman–Crippen MR) is 93.2 cm³/mol. The van der Waals surface area contributed by atoms with Crippen molar-refractivity contribution in [2.45, 2.75) is 50.0 Å². The molecule has 4 atom stereocenters. The van der Waals surface area contributed by atoms with Gasteiger partial charge in [-0.1, -0.05) is 31.0 Å². The van der Waals surface area contributed by atoms with E-state index in [4.69, 9.17) is 11.6 Å². The Labute approximate surface area is 138 Å². The number of nitrogens with one attached hydrogen (secondary N) is 1. The first-order valence-electron chi connectivity index (χ1n) is 8.36. The molecule has 0 radical (unpaired) electrons. The number of hydrogen-bond acceptors (Lipinski definition) is 2. The minimum absolute atomic E-state index is 0.642. The van der Waals surface area contributed by atoms with Gasteiger partial charge in [-0.2, -0.15) is 0 Å². The van der Waals surface area contributed by atoms with Crippen molar-refractivity contribution in [1.82, 2.24) is 5.32 Å². The van der Waals surface area contributed by atoms with Crippen LogP contribution in [0.2, 0.25) is 5.02 Å². The van der Waals surface area contributed by atoms with Gasteiger partial charge in [0.1, 0.15) is 0 Å². The third kappa shape index (κ3) is 4.18. The third-order valence-corrected chi connectivity index (χ3v) is 6.60. The summed E-state index contributed by atoms with van der Waals surface area (Å²) in [5, 5.41) is 4.54. The van der Waals surface area contributed by atoms with Crippen LogP contribution in [0.15, 0.2) is 29.2 Å². The normalized spacial score (nSPS) is 29.0. The van der Waals surface area contributed by atoms with E-state index in [0.717, 1.165) is 35.1 Å². The van der Waals surface area contributed by atoms with Gasteiger partial charge in [0.2, 0.25) is 0 Å². The van der Waals surface area contributed by atoms with E-state index in [1.807, 2.05) is 23.9 Å². The number of thioether (sulfide) groups is 1. The van der Waals surface area contributed by atoms with Crippen LogP contribution in [0, 0.1) is 17.8 Å². The first kappa shape index (κ1) is 15.7. The molecule has 2 saturated carbocycles. The summed E-state index contributed by atoms with van der Waals surface area (Å²) in [6.07, 6.45) is 7.38. The zero-order valence-corrected chi connectivity index (χ0v) is 14.4. The Balaban J connectivity index is 1.52. The molecule has 2 aliphatic rings. The topological polar surface area (TPSA) is 12.0 Å². The van der Waals surface area contributed by atoms with E-state index in [1.54, 1.807) is 0 Å². The molecule has 2 aliphatic carbocycles. The Kier molecular flexibility index (Phi) is 5.53. The monoisotopic (exact) mass is 323 g/mol. The van der Waals surface area contributed by atoms with Gasteiger partial charge >= 0.3 is 0 Å². The van der Waals surface area contributed by atoms with Crippen LogP contribution in [0.5, 0.6) is 0 Å². The highest BCUT2D eigenvalue weighted by Crippen LogP contribution is 2.50. The minimum Gasteiger partial charge on any atom is -0.313 e. The van der Waals surface area contributed by atoms with Crippen LogP contribution >= 0.6 is 23.4 Å². The van der Waals surface area contributed by atoms with Gasteiger partial charge in [0.15, 0.2) is 0 Å². The Hall–Kier alpha value is -0.180. The molecule has 3 rings (SSSR count). The maximum atomic E-state index is 6.07. The fourth-order valence-corrected chi connectivity index (χ4v) is 5.57. The molecule has 0 saturated heterocycles. The summed E-state index contributed by atoms with van der Waals surface area (Å²) in [7, 11) is 0. The fraction of sp³-hybridized carbons (Fsp3) is 0.667. The van der Waals surface area contributed by atoms with Crippen molar-refractivity contribution in [1.29, 1.82) is 0 Å². The standard InChI is InChI=1S/C18H26ClNS/c1-2-20-17(10-15-9-13-6-7-14(15)8-13)12-21-18-5-3-4-16(19)11-18/h3-5,11,13-15,17,20H,2,6-10,12H2,1H3. The van der Waals surface area contributed by atoms with Gasteiger partial charge in [-0.3, -0.25) is 0 Å². The zero-order valence-electron chi connectivity index (χ0n) is 12.9. The van der Waals surface area contributed by atoms with Crippen molar-refractivity contribution in [3.63, 3.8) is 0 Å². The molecule has 0 heterocycles. The number of fused-ring (bicyclic) bond motifs is 2. The third-order valence-electron chi connectivity index (χ3n) is 5.21. The van der Waals surface area contributed by atoms with Crippen molar-refractivity contribution in [2.75, 3.05) is 12.3 Å². The molecule has 2 fully saturated rings. The lowest BCUT2D eigenvalue weighted by Gasteiger charge is -2.27. The van der Waals surface area contributed by atoms with Crippen LogP contribution in [0.4, 0.5) is 0 Å². The highest BCUT2D eigenvalue weighted by Gasteiger charge is 2.39. The number of benzene rings is 1. The van der Waals surface area contributed by atoms with Gasteiger partial charge in [0.05, 0.1) is 0 Å². The van der Waals surface area contributed by atoms with Crippen LogP contribution in [0.3, 0.4) is 0 Å². The number of halogens is 1. The van der Waals surface area contributed by atoms with E-state index < -0.39 is 0 Å². The quantitative estimate of drug-likeness (QED) is 0.689. The molecule has 1 aromatic carbocycles. The second-order valence-electron chi connectivity index (χ2n) is 6.69. The SMILES string of the molecule is CCNC(CSc1cccc(Cl)c1)CC1CC2CCC1C2. The van der Waals surface area contributed by atoms with Crippen molar-refractivity contribution in [3.05, 3.63) is 29.3 Å². The lowest BCUT2D eigenvalue weighted by atomic mass is 9.84.